The topological polar surface area (TPSA) is 86.0 Å². The fourth-order valence-corrected chi connectivity index (χ4v) is 1.04. The van der Waals surface area contributed by atoms with Crippen LogP contribution in [-0.2, 0) is 0 Å². The summed E-state index contributed by atoms with van der Waals surface area (Å²) in [5, 5.41) is 3.23. The normalized spacial score (nSPS) is 11.6. The predicted molar refractivity (Wildman–Crippen MR) is 65.5 cm³/mol. The summed E-state index contributed by atoms with van der Waals surface area (Å²) in [5.41, 5.74) is 6.14. The molecule has 0 unspecified atom stereocenters. The molecule has 0 aliphatic rings. The molecule has 0 aliphatic heterocycles. The third-order valence-corrected chi connectivity index (χ3v) is 1.74. The van der Waals surface area contributed by atoms with Crippen molar-refractivity contribution in [2.75, 3.05) is 6.61 Å². The molecule has 84 valence electrons. The van der Waals surface area contributed by atoms with E-state index in [-0.39, 0.29) is 5.96 Å². The number of nitrogens with zero attached hydrogens (tertiary/aromatic N) is 2. The van der Waals surface area contributed by atoms with Gasteiger partial charge >= 0.3 is 0 Å². The van der Waals surface area contributed by atoms with Gasteiger partial charge in [0.15, 0.2) is 0 Å². The Morgan fingerprint density at radius 3 is 2.88 bits per heavy atom. The molecule has 0 bridgehead atoms. The van der Waals surface area contributed by atoms with Gasteiger partial charge in [-0.15, -0.1) is 5.10 Å². The van der Waals surface area contributed by atoms with Gasteiger partial charge < -0.3 is 16.3 Å². The molecule has 0 saturated carbocycles. The summed E-state index contributed by atoms with van der Waals surface area (Å²) in [6, 6.07) is 7.43. The molecule has 0 aromatic heterocycles. The Bertz CT molecular complexity index is 412. The zero-order valence-electron chi connectivity index (χ0n) is 8.84. The van der Waals surface area contributed by atoms with Gasteiger partial charge in [0.25, 0.3) is 0 Å². The molecule has 1 rings (SSSR count). The van der Waals surface area contributed by atoms with Crippen molar-refractivity contribution >= 4 is 12.2 Å². The highest BCUT2D eigenvalue weighted by Crippen LogP contribution is 2.15. The number of hydrazone groups is 1. The van der Waals surface area contributed by atoms with Gasteiger partial charge in [-0.3, -0.25) is 0 Å². The summed E-state index contributed by atoms with van der Waals surface area (Å²) in [6.45, 7) is 4.01. The van der Waals surface area contributed by atoms with Gasteiger partial charge in [-0.1, -0.05) is 24.8 Å². The van der Waals surface area contributed by atoms with Crippen LogP contribution in [0.2, 0.25) is 0 Å². The zero-order valence-corrected chi connectivity index (χ0v) is 8.84. The van der Waals surface area contributed by atoms with Crippen LogP contribution in [0.15, 0.2) is 47.0 Å². The summed E-state index contributed by atoms with van der Waals surface area (Å²) >= 11 is 0. The Hall–Kier alpha value is -2.30. The maximum Gasteiger partial charge on any atom is 0.236 e. The highest BCUT2D eigenvalue weighted by molar-refractivity contribution is 5.94. The van der Waals surface area contributed by atoms with Crippen LogP contribution in [0.25, 0.3) is 0 Å². The molecule has 0 fully saturated rings. The fourth-order valence-electron chi connectivity index (χ4n) is 1.04. The first-order chi connectivity index (χ1) is 7.77. The molecule has 0 heterocycles. The first-order valence-electron chi connectivity index (χ1n) is 4.68. The van der Waals surface area contributed by atoms with Gasteiger partial charge in [0.1, 0.15) is 12.4 Å². The summed E-state index contributed by atoms with van der Waals surface area (Å²) in [7, 11) is 0. The smallest absolute Gasteiger partial charge is 0.236 e. The third-order valence-electron chi connectivity index (χ3n) is 1.74. The van der Waals surface area contributed by atoms with Crippen LogP contribution >= 0.6 is 0 Å². The molecule has 0 radical (unpaired) electrons. The zero-order chi connectivity index (χ0) is 11.8. The summed E-state index contributed by atoms with van der Waals surface area (Å²) in [4.78, 5) is 3.85. The number of hydrogen-bond donors (Lipinski definition) is 2. The molecule has 1 aromatic rings. The molecule has 0 aliphatic carbocycles. The molecule has 5 heteroatoms. The molecule has 0 atom stereocenters. The molecule has 1 aromatic carbocycles. The SMILES string of the molecule is C=CCOc1ccccc1C=NC(N)=NN. The molecule has 0 saturated heterocycles. The number of benzene rings is 1. The maximum absolute atomic E-state index is 5.43. The fraction of sp³-hybridized carbons (Fsp3) is 0.0909. The molecular formula is C11H14N4O. The maximum atomic E-state index is 5.43. The first kappa shape index (κ1) is 11.8. The number of ether oxygens (including phenoxy) is 1. The number of rotatable bonds is 4. The van der Waals surface area contributed by atoms with Crippen LogP contribution < -0.4 is 16.3 Å². The van der Waals surface area contributed by atoms with E-state index in [2.05, 4.69) is 16.7 Å². The van der Waals surface area contributed by atoms with Crippen molar-refractivity contribution in [3.63, 3.8) is 0 Å². The lowest BCUT2D eigenvalue weighted by atomic mass is 10.2. The number of hydrogen-bond acceptors (Lipinski definition) is 3. The molecule has 0 spiro atoms. The van der Waals surface area contributed by atoms with Crippen molar-refractivity contribution in [1.29, 1.82) is 0 Å². The average Bonchev–Trinajstić information content (AvgIpc) is 2.34. The van der Waals surface area contributed by atoms with E-state index in [9.17, 15) is 0 Å². The molecule has 5 nitrogen and oxygen atoms in total. The highest BCUT2D eigenvalue weighted by Gasteiger charge is 1.98. The minimum atomic E-state index is 0.0125. The predicted octanol–water partition coefficient (Wildman–Crippen LogP) is 0.859. The Morgan fingerprint density at radius 1 is 1.44 bits per heavy atom. The summed E-state index contributed by atoms with van der Waals surface area (Å²) < 4.78 is 5.43. The lowest BCUT2D eigenvalue weighted by molar-refractivity contribution is 0.363. The van der Waals surface area contributed by atoms with E-state index in [1.807, 2.05) is 24.3 Å². The number of aliphatic imine (C=N–C) groups is 1. The molecule has 0 amide bonds. The second-order valence-electron chi connectivity index (χ2n) is 2.88. The summed E-state index contributed by atoms with van der Waals surface area (Å²) in [6.07, 6.45) is 3.22. The van der Waals surface area contributed by atoms with E-state index in [1.165, 1.54) is 0 Å². The second-order valence-corrected chi connectivity index (χ2v) is 2.88. The summed E-state index contributed by atoms with van der Waals surface area (Å²) in [5.74, 6) is 5.68. The van der Waals surface area contributed by atoms with E-state index in [0.29, 0.717) is 12.4 Å². The van der Waals surface area contributed by atoms with Crippen molar-refractivity contribution in [3.05, 3.63) is 42.5 Å². The van der Waals surface area contributed by atoms with Gasteiger partial charge in [0.05, 0.1) is 0 Å². The van der Waals surface area contributed by atoms with Crippen molar-refractivity contribution in [2.45, 2.75) is 0 Å². The van der Waals surface area contributed by atoms with Crippen LogP contribution in [0.1, 0.15) is 5.56 Å². The standard InChI is InChI=1S/C11H14N4O/c1-2-7-16-10-6-4-3-5-9(10)8-14-11(12)15-13/h2-6,8H,1,7,13H2,(H2,12,15). The largest absolute Gasteiger partial charge is 0.489 e. The van der Waals surface area contributed by atoms with Gasteiger partial charge in [-0.2, -0.15) is 0 Å². The Morgan fingerprint density at radius 2 is 2.19 bits per heavy atom. The monoisotopic (exact) mass is 218 g/mol. The number of para-hydroxylation sites is 1. The molecular weight excluding hydrogens is 204 g/mol. The van der Waals surface area contributed by atoms with Crippen LogP contribution in [0.5, 0.6) is 5.75 Å². The van der Waals surface area contributed by atoms with Crippen molar-refractivity contribution in [2.24, 2.45) is 21.7 Å². The van der Waals surface area contributed by atoms with Gasteiger partial charge in [0.2, 0.25) is 5.96 Å². The lowest BCUT2D eigenvalue weighted by Gasteiger charge is -2.05. The Balaban J connectivity index is 2.86. The van der Waals surface area contributed by atoms with Crippen LogP contribution in [0.4, 0.5) is 0 Å². The Labute approximate surface area is 94.1 Å². The minimum absolute atomic E-state index is 0.0125. The second kappa shape index (κ2) is 6.23. The van der Waals surface area contributed by atoms with Crippen molar-refractivity contribution < 1.29 is 4.74 Å². The van der Waals surface area contributed by atoms with E-state index < -0.39 is 0 Å². The third kappa shape index (κ3) is 3.45. The highest BCUT2D eigenvalue weighted by atomic mass is 16.5. The van der Waals surface area contributed by atoms with Crippen LogP contribution in [0.3, 0.4) is 0 Å². The number of nitrogens with two attached hydrogens (primary N) is 2. The number of guanidine groups is 1. The molecule has 4 N–H and O–H groups in total. The average molecular weight is 218 g/mol. The van der Waals surface area contributed by atoms with E-state index >= 15 is 0 Å². The Kier molecular flexibility index (Phi) is 4.59. The molecule has 16 heavy (non-hydrogen) atoms. The van der Waals surface area contributed by atoms with Crippen LogP contribution in [-0.4, -0.2) is 18.8 Å². The van der Waals surface area contributed by atoms with Gasteiger partial charge in [-0.05, 0) is 12.1 Å². The van der Waals surface area contributed by atoms with E-state index in [0.717, 1.165) is 5.56 Å². The van der Waals surface area contributed by atoms with Crippen molar-refractivity contribution in [1.82, 2.24) is 0 Å². The lowest BCUT2D eigenvalue weighted by Crippen LogP contribution is -2.11. The van der Waals surface area contributed by atoms with Crippen LogP contribution in [0, 0.1) is 0 Å². The quantitative estimate of drug-likeness (QED) is 0.258. The first-order valence-corrected chi connectivity index (χ1v) is 4.68. The minimum Gasteiger partial charge on any atom is -0.489 e. The van der Waals surface area contributed by atoms with Crippen molar-refractivity contribution in [3.8, 4) is 5.75 Å². The van der Waals surface area contributed by atoms with E-state index in [1.54, 1.807) is 12.3 Å². The van der Waals surface area contributed by atoms with Gasteiger partial charge in [0, 0.05) is 11.8 Å². The van der Waals surface area contributed by atoms with E-state index in [4.69, 9.17) is 16.3 Å². The van der Waals surface area contributed by atoms with Gasteiger partial charge in [-0.25, -0.2) is 4.99 Å².